The van der Waals surface area contributed by atoms with E-state index in [1.54, 1.807) is 0 Å². The fourth-order valence-electron chi connectivity index (χ4n) is 0.908. The molecule has 1 heteroatoms. The third-order valence-corrected chi connectivity index (χ3v) is 1.58. The Kier molecular flexibility index (Phi) is 2.32. The third-order valence-electron chi connectivity index (χ3n) is 1.58. The quantitative estimate of drug-likeness (QED) is 0.541. The molecule has 0 spiro atoms. The third kappa shape index (κ3) is 2.09. The van der Waals surface area contributed by atoms with E-state index in [1.165, 1.54) is 5.57 Å². The van der Waals surface area contributed by atoms with Gasteiger partial charge in [-0.05, 0) is 31.9 Å². The van der Waals surface area contributed by atoms with Crippen LogP contribution in [0, 0.1) is 0 Å². The molecule has 0 heterocycles. The molecule has 0 radical (unpaired) electrons. The van der Waals surface area contributed by atoms with E-state index in [1.807, 2.05) is 12.2 Å². The zero-order chi connectivity index (χ0) is 7.40. The molecule has 1 aliphatic carbocycles. The molecular weight excluding hydrogens is 122 g/mol. The van der Waals surface area contributed by atoms with Gasteiger partial charge < -0.3 is 5.73 Å². The minimum Gasteiger partial charge on any atom is -0.399 e. The molecule has 0 aliphatic heterocycles. The number of hydrogen-bond donors (Lipinski definition) is 1. The first kappa shape index (κ1) is 7.13. The highest BCUT2D eigenvalue weighted by Gasteiger charge is 1.90. The van der Waals surface area contributed by atoms with Crippen molar-refractivity contribution >= 4 is 0 Å². The molecule has 0 aromatic carbocycles. The SMILES string of the molecule is C/C1=C/C=C(N)\C=C\CC1. The van der Waals surface area contributed by atoms with Crippen molar-refractivity contribution in [2.24, 2.45) is 5.73 Å². The van der Waals surface area contributed by atoms with Crippen LogP contribution in [0.2, 0.25) is 0 Å². The van der Waals surface area contributed by atoms with E-state index in [4.69, 9.17) is 5.73 Å². The maximum Gasteiger partial charge on any atom is 0.0310 e. The van der Waals surface area contributed by atoms with E-state index in [0.29, 0.717) is 0 Å². The molecule has 0 aromatic rings. The molecule has 0 aromatic heterocycles. The van der Waals surface area contributed by atoms with Crippen molar-refractivity contribution in [3.05, 3.63) is 35.6 Å². The first-order chi connectivity index (χ1) is 4.79. The van der Waals surface area contributed by atoms with Gasteiger partial charge in [0.15, 0.2) is 0 Å². The second-order valence-corrected chi connectivity index (χ2v) is 2.62. The highest BCUT2D eigenvalue weighted by atomic mass is 14.5. The van der Waals surface area contributed by atoms with Gasteiger partial charge in [-0.2, -0.15) is 0 Å². The van der Waals surface area contributed by atoms with Crippen LogP contribution in [0.25, 0.3) is 0 Å². The molecule has 1 rings (SSSR count). The average Bonchev–Trinajstić information content (AvgIpc) is 1.90. The van der Waals surface area contributed by atoms with Gasteiger partial charge in [-0.25, -0.2) is 0 Å². The van der Waals surface area contributed by atoms with Crippen LogP contribution in [0.1, 0.15) is 19.8 Å². The number of rotatable bonds is 0. The molecule has 0 fully saturated rings. The molecule has 10 heavy (non-hydrogen) atoms. The Morgan fingerprint density at radius 1 is 1.40 bits per heavy atom. The molecule has 0 atom stereocenters. The second-order valence-electron chi connectivity index (χ2n) is 2.62. The monoisotopic (exact) mass is 135 g/mol. The van der Waals surface area contributed by atoms with Crippen LogP contribution in [0.3, 0.4) is 0 Å². The van der Waals surface area contributed by atoms with E-state index in [-0.39, 0.29) is 0 Å². The van der Waals surface area contributed by atoms with Crippen LogP contribution < -0.4 is 5.73 Å². The summed E-state index contributed by atoms with van der Waals surface area (Å²) in [5, 5.41) is 0. The Labute approximate surface area is 61.9 Å². The fraction of sp³-hybridized carbons (Fsp3) is 0.333. The summed E-state index contributed by atoms with van der Waals surface area (Å²) in [6.07, 6.45) is 10.4. The number of hydrogen-bond acceptors (Lipinski definition) is 1. The van der Waals surface area contributed by atoms with Gasteiger partial charge in [0.05, 0.1) is 0 Å². The maximum atomic E-state index is 5.60. The second kappa shape index (κ2) is 3.25. The van der Waals surface area contributed by atoms with Gasteiger partial charge >= 0.3 is 0 Å². The van der Waals surface area contributed by atoms with Crippen molar-refractivity contribution in [2.45, 2.75) is 19.8 Å². The molecule has 0 saturated carbocycles. The summed E-state index contributed by atoms with van der Waals surface area (Å²) >= 11 is 0. The lowest BCUT2D eigenvalue weighted by atomic mass is 10.1. The maximum absolute atomic E-state index is 5.60. The molecule has 0 bridgehead atoms. The van der Waals surface area contributed by atoms with Crippen molar-refractivity contribution in [1.82, 2.24) is 0 Å². The minimum atomic E-state index is 0.846. The number of allylic oxidation sites excluding steroid dienone is 5. The first-order valence-electron chi connectivity index (χ1n) is 3.58. The predicted molar refractivity (Wildman–Crippen MR) is 44.4 cm³/mol. The van der Waals surface area contributed by atoms with Gasteiger partial charge in [-0.3, -0.25) is 0 Å². The Balaban J connectivity index is 2.75. The normalized spacial score (nSPS) is 32.5. The summed E-state index contributed by atoms with van der Waals surface area (Å²) in [7, 11) is 0. The average molecular weight is 135 g/mol. The van der Waals surface area contributed by atoms with Gasteiger partial charge in [0.2, 0.25) is 0 Å². The van der Waals surface area contributed by atoms with Crippen LogP contribution in [-0.2, 0) is 0 Å². The Bertz CT molecular complexity index is 197. The summed E-state index contributed by atoms with van der Waals surface area (Å²) in [5.74, 6) is 0. The lowest BCUT2D eigenvalue weighted by Gasteiger charge is -1.99. The van der Waals surface area contributed by atoms with Crippen molar-refractivity contribution in [3.8, 4) is 0 Å². The van der Waals surface area contributed by atoms with Crippen LogP contribution in [0.15, 0.2) is 35.6 Å². The molecule has 54 valence electrons. The Hall–Kier alpha value is -0.980. The van der Waals surface area contributed by atoms with Gasteiger partial charge in [0.1, 0.15) is 0 Å². The van der Waals surface area contributed by atoms with E-state index in [0.717, 1.165) is 18.5 Å². The van der Waals surface area contributed by atoms with Gasteiger partial charge in [0.25, 0.3) is 0 Å². The first-order valence-corrected chi connectivity index (χ1v) is 3.58. The summed E-state index contributed by atoms with van der Waals surface area (Å²) in [6.45, 7) is 2.13. The summed E-state index contributed by atoms with van der Waals surface area (Å²) in [4.78, 5) is 0. The molecule has 1 aliphatic rings. The highest BCUT2D eigenvalue weighted by molar-refractivity contribution is 5.24. The Morgan fingerprint density at radius 3 is 3.00 bits per heavy atom. The lowest BCUT2D eigenvalue weighted by molar-refractivity contribution is 0.972. The van der Waals surface area contributed by atoms with Crippen molar-refractivity contribution < 1.29 is 0 Å². The van der Waals surface area contributed by atoms with Gasteiger partial charge in [-0.1, -0.05) is 17.7 Å². The lowest BCUT2D eigenvalue weighted by Crippen LogP contribution is -1.93. The highest BCUT2D eigenvalue weighted by Crippen LogP contribution is 2.08. The number of nitrogens with two attached hydrogens (primary N) is 1. The van der Waals surface area contributed by atoms with Crippen molar-refractivity contribution in [1.29, 1.82) is 0 Å². The van der Waals surface area contributed by atoms with Crippen LogP contribution in [0.5, 0.6) is 0 Å². The van der Waals surface area contributed by atoms with E-state index < -0.39 is 0 Å². The van der Waals surface area contributed by atoms with Gasteiger partial charge in [0, 0.05) is 5.70 Å². The largest absolute Gasteiger partial charge is 0.399 e. The molecule has 1 nitrogen and oxygen atoms in total. The summed E-state index contributed by atoms with van der Waals surface area (Å²) in [6, 6.07) is 0. The van der Waals surface area contributed by atoms with Crippen molar-refractivity contribution in [3.63, 3.8) is 0 Å². The minimum absolute atomic E-state index is 0.846. The zero-order valence-corrected chi connectivity index (χ0v) is 6.30. The molecule has 0 saturated heterocycles. The van der Waals surface area contributed by atoms with Gasteiger partial charge in [-0.15, -0.1) is 0 Å². The molecule has 0 amide bonds. The van der Waals surface area contributed by atoms with Crippen LogP contribution in [0.4, 0.5) is 0 Å². The fourth-order valence-corrected chi connectivity index (χ4v) is 0.908. The standard InChI is InChI=1S/C9H13N/c1-8-4-2-3-5-9(10)7-6-8/h3,5-7H,2,4,10H2,1H3/b5-3+,8-6-,9-7+. The summed E-state index contributed by atoms with van der Waals surface area (Å²) < 4.78 is 0. The zero-order valence-electron chi connectivity index (χ0n) is 6.30. The van der Waals surface area contributed by atoms with Crippen molar-refractivity contribution in [2.75, 3.05) is 0 Å². The van der Waals surface area contributed by atoms with E-state index >= 15 is 0 Å². The van der Waals surface area contributed by atoms with E-state index in [9.17, 15) is 0 Å². The molecule has 0 unspecified atom stereocenters. The predicted octanol–water partition coefficient (Wildman–Crippen LogP) is 2.13. The summed E-state index contributed by atoms with van der Waals surface area (Å²) in [5.41, 5.74) is 7.84. The van der Waals surface area contributed by atoms with Crippen LogP contribution >= 0.6 is 0 Å². The topological polar surface area (TPSA) is 26.0 Å². The van der Waals surface area contributed by atoms with E-state index in [2.05, 4.69) is 19.1 Å². The Morgan fingerprint density at radius 2 is 2.20 bits per heavy atom. The molecule has 2 N–H and O–H groups in total. The smallest absolute Gasteiger partial charge is 0.0310 e. The molecular formula is C9H13N. The van der Waals surface area contributed by atoms with Crippen LogP contribution in [-0.4, -0.2) is 0 Å².